The summed E-state index contributed by atoms with van der Waals surface area (Å²) >= 11 is 5.99. The second-order valence-electron chi connectivity index (χ2n) is 8.17. The molecule has 1 amide bonds. The van der Waals surface area contributed by atoms with Crippen molar-refractivity contribution in [2.45, 2.75) is 19.6 Å². The van der Waals surface area contributed by atoms with Crippen LogP contribution in [0, 0.1) is 6.92 Å². The van der Waals surface area contributed by atoms with E-state index >= 15 is 0 Å². The van der Waals surface area contributed by atoms with Gasteiger partial charge in [-0.15, -0.1) is 0 Å². The second-order valence-corrected chi connectivity index (χ2v) is 10.4. The topological polar surface area (TPSA) is 71.4 Å². The van der Waals surface area contributed by atoms with Crippen molar-refractivity contribution in [3.05, 3.63) is 82.1 Å². The minimum absolute atomic E-state index is 0.0388. The minimum atomic E-state index is -4.73. The van der Waals surface area contributed by atoms with E-state index in [1.165, 1.54) is 18.9 Å². The monoisotopic (exact) mass is 527 g/mol. The molecule has 1 heterocycles. The summed E-state index contributed by atoms with van der Waals surface area (Å²) in [5, 5.41) is 0.406. The predicted octanol–water partition coefficient (Wildman–Crippen LogP) is 4.81. The molecule has 0 saturated heterocycles. The molecule has 0 atom stereocenters. The minimum Gasteiger partial charge on any atom is -0.339 e. The van der Waals surface area contributed by atoms with Crippen molar-refractivity contribution < 1.29 is 26.4 Å². The summed E-state index contributed by atoms with van der Waals surface area (Å²) in [7, 11) is -2.07. The molecule has 0 fully saturated rings. The van der Waals surface area contributed by atoms with Crippen LogP contribution in [0.1, 0.15) is 27.3 Å². The Morgan fingerprint density at radius 2 is 1.69 bits per heavy atom. The highest BCUT2D eigenvalue weighted by atomic mass is 35.5. The molecular formula is C24H25ClF3N3O3S. The van der Waals surface area contributed by atoms with Gasteiger partial charge in [0.05, 0.1) is 6.26 Å². The zero-order chi connectivity index (χ0) is 26.0. The van der Waals surface area contributed by atoms with Gasteiger partial charge in [0.1, 0.15) is 11.4 Å². The highest BCUT2D eigenvalue weighted by Crippen LogP contribution is 2.41. The van der Waals surface area contributed by atoms with E-state index in [-0.39, 0.29) is 36.5 Å². The van der Waals surface area contributed by atoms with E-state index < -0.39 is 27.8 Å². The Labute approximate surface area is 207 Å². The second kappa shape index (κ2) is 10.4. The van der Waals surface area contributed by atoms with Crippen molar-refractivity contribution in [1.82, 2.24) is 14.2 Å². The van der Waals surface area contributed by atoms with E-state index in [0.29, 0.717) is 16.1 Å². The van der Waals surface area contributed by atoms with Crippen LogP contribution < -0.4 is 4.72 Å². The van der Waals surface area contributed by atoms with Crippen molar-refractivity contribution in [3.8, 4) is 11.1 Å². The molecule has 0 aliphatic heterocycles. The number of amides is 1. The maximum Gasteiger partial charge on any atom is 0.431 e. The van der Waals surface area contributed by atoms with E-state index in [2.05, 4.69) is 4.72 Å². The summed E-state index contributed by atoms with van der Waals surface area (Å²) in [4.78, 5) is 14.8. The number of benzene rings is 2. The average molecular weight is 528 g/mol. The van der Waals surface area contributed by atoms with Gasteiger partial charge in [0, 0.05) is 37.3 Å². The first-order valence-corrected chi connectivity index (χ1v) is 12.9. The van der Waals surface area contributed by atoms with E-state index in [1.54, 1.807) is 54.6 Å². The van der Waals surface area contributed by atoms with Gasteiger partial charge in [-0.3, -0.25) is 4.79 Å². The maximum atomic E-state index is 14.3. The average Bonchev–Trinajstić information content (AvgIpc) is 3.05. The lowest BCUT2D eigenvalue weighted by molar-refractivity contribution is -0.143. The van der Waals surface area contributed by atoms with Crippen LogP contribution in [-0.2, 0) is 22.7 Å². The summed E-state index contributed by atoms with van der Waals surface area (Å²) in [5.41, 5.74) is 0.0149. The molecule has 3 aromatic rings. The van der Waals surface area contributed by atoms with Gasteiger partial charge in [0.2, 0.25) is 10.0 Å². The lowest BCUT2D eigenvalue weighted by Gasteiger charge is -2.21. The Kier molecular flexibility index (Phi) is 7.98. The Balaban J connectivity index is 2.21. The van der Waals surface area contributed by atoms with Crippen LogP contribution in [0.2, 0.25) is 5.02 Å². The molecule has 0 bridgehead atoms. The third-order valence-electron chi connectivity index (χ3n) is 5.45. The third kappa shape index (κ3) is 6.45. The van der Waals surface area contributed by atoms with Crippen molar-refractivity contribution in [2.24, 2.45) is 0 Å². The molecule has 6 nitrogen and oxygen atoms in total. The number of hydrogen-bond acceptors (Lipinski definition) is 3. The summed E-state index contributed by atoms with van der Waals surface area (Å²) < 4.78 is 69.1. The molecular weight excluding hydrogens is 503 g/mol. The van der Waals surface area contributed by atoms with E-state index in [0.717, 1.165) is 10.8 Å². The maximum absolute atomic E-state index is 14.3. The van der Waals surface area contributed by atoms with Crippen molar-refractivity contribution in [1.29, 1.82) is 0 Å². The standard InChI is InChI=1S/C24H25ClF3N3O3S/c1-16-20(18-9-11-19(25)12-10-18)21(23(32)30(2)14-13-29-35(3,33)34)31(22(16)24(26,27)28)15-17-7-5-4-6-8-17/h4-12,29H,13-15H2,1-3H3. The van der Waals surface area contributed by atoms with Gasteiger partial charge in [0.15, 0.2) is 0 Å². The lowest BCUT2D eigenvalue weighted by Crippen LogP contribution is -2.37. The fourth-order valence-corrected chi connectivity index (χ4v) is 4.50. The number of carbonyl (C=O) groups excluding carboxylic acids is 1. The van der Waals surface area contributed by atoms with Gasteiger partial charge in [-0.1, -0.05) is 54.1 Å². The molecule has 11 heteroatoms. The number of sulfonamides is 1. The van der Waals surface area contributed by atoms with E-state index in [9.17, 15) is 26.4 Å². The largest absolute Gasteiger partial charge is 0.431 e. The quantitative estimate of drug-likeness (QED) is 0.457. The zero-order valence-corrected chi connectivity index (χ0v) is 20.9. The number of likely N-dealkylation sites (N-methyl/N-ethyl adjacent to an activating group) is 1. The van der Waals surface area contributed by atoms with Crippen LogP contribution in [0.25, 0.3) is 11.1 Å². The molecule has 1 N–H and O–H groups in total. The predicted molar refractivity (Wildman–Crippen MR) is 130 cm³/mol. The number of nitrogens with one attached hydrogen (secondary N) is 1. The van der Waals surface area contributed by atoms with Crippen molar-refractivity contribution in [3.63, 3.8) is 0 Å². The number of alkyl halides is 3. The summed E-state index contributed by atoms with van der Waals surface area (Å²) in [6, 6.07) is 14.8. The van der Waals surface area contributed by atoms with Gasteiger partial charge in [-0.2, -0.15) is 13.2 Å². The Morgan fingerprint density at radius 3 is 2.23 bits per heavy atom. The summed E-state index contributed by atoms with van der Waals surface area (Å²) in [5.74, 6) is -0.667. The molecule has 2 aromatic carbocycles. The smallest absolute Gasteiger partial charge is 0.339 e. The van der Waals surface area contributed by atoms with Crippen LogP contribution in [0.3, 0.4) is 0 Å². The molecule has 1 aromatic heterocycles. The molecule has 35 heavy (non-hydrogen) atoms. The van der Waals surface area contributed by atoms with Gasteiger partial charge >= 0.3 is 6.18 Å². The summed E-state index contributed by atoms with van der Waals surface area (Å²) in [6.45, 7) is 1.04. The molecule has 188 valence electrons. The Morgan fingerprint density at radius 1 is 1.09 bits per heavy atom. The highest BCUT2D eigenvalue weighted by molar-refractivity contribution is 7.88. The fraction of sp³-hybridized carbons (Fsp3) is 0.292. The van der Waals surface area contributed by atoms with Crippen LogP contribution in [0.15, 0.2) is 54.6 Å². The molecule has 3 rings (SSSR count). The Hall–Kier alpha value is -2.82. The third-order valence-corrected chi connectivity index (χ3v) is 6.43. The van der Waals surface area contributed by atoms with Crippen LogP contribution in [-0.4, -0.2) is 50.2 Å². The van der Waals surface area contributed by atoms with Crippen molar-refractivity contribution >= 4 is 27.5 Å². The van der Waals surface area contributed by atoms with Crippen LogP contribution in [0.4, 0.5) is 13.2 Å². The molecule has 0 unspecified atom stereocenters. The molecule has 0 radical (unpaired) electrons. The summed E-state index contributed by atoms with van der Waals surface area (Å²) in [6.07, 6.45) is -3.74. The first-order valence-electron chi connectivity index (χ1n) is 10.6. The van der Waals surface area contributed by atoms with Crippen molar-refractivity contribution in [2.75, 3.05) is 26.4 Å². The SMILES string of the molecule is Cc1c(-c2ccc(Cl)cc2)c(C(=O)N(C)CCNS(C)(=O)=O)n(Cc2ccccc2)c1C(F)(F)F. The normalized spacial score (nSPS) is 12.1. The molecule has 0 saturated carbocycles. The zero-order valence-electron chi connectivity index (χ0n) is 19.4. The number of rotatable bonds is 8. The number of halogens is 4. The first-order chi connectivity index (χ1) is 16.3. The van der Waals surface area contributed by atoms with Crippen LogP contribution >= 0.6 is 11.6 Å². The Bertz CT molecular complexity index is 1310. The highest BCUT2D eigenvalue weighted by Gasteiger charge is 2.41. The van der Waals surface area contributed by atoms with E-state index in [1.807, 2.05) is 0 Å². The first kappa shape index (κ1) is 26.8. The van der Waals surface area contributed by atoms with Gasteiger partial charge in [-0.25, -0.2) is 13.1 Å². The number of carbonyl (C=O) groups is 1. The molecule has 0 aliphatic carbocycles. The number of nitrogens with zero attached hydrogens (tertiary/aromatic N) is 2. The molecule has 0 spiro atoms. The van der Waals surface area contributed by atoms with E-state index in [4.69, 9.17) is 11.6 Å². The van der Waals surface area contributed by atoms with Gasteiger partial charge < -0.3 is 9.47 Å². The van der Waals surface area contributed by atoms with Crippen LogP contribution in [0.5, 0.6) is 0 Å². The lowest BCUT2D eigenvalue weighted by atomic mass is 10.00. The molecule has 0 aliphatic rings. The number of hydrogen-bond donors (Lipinski definition) is 1. The fourth-order valence-electron chi connectivity index (χ4n) is 3.91. The van der Waals surface area contributed by atoms with Gasteiger partial charge in [-0.05, 0) is 35.7 Å². The number of aromatic nitrogens is 1. The van der Waals surface area contributed by atoms with Gasteiger partial charge in [0.25, 0.3) is 5.91 Å².